The van der Waals surface area contributed by atoms with E-state index in [-0.39, 0.29) is 18.3 Å². The predicted octanol–water partition coefficient (Wildman–Crippen LogP) is 3.13. The maximum Gasteiger partial charge on any atom is 0.225 e. The Bertz CT molecular complexity index is 523. The van der Waals surface area contributed by atoms with Gasteiger partial charge in [-0.15, -0.1) is 12.4 Å². The Balaban J connectivity index is 0.00000192. The number of amides is 1. The normalized spacial score (nSPS) is 19.4. The van der Waals surface area contributed by atoms with Gasteiger partial charge in [-0.3, -0.25) is 4.79 Å². The number of piperidine rings is 1. The Hall–Kier alpha value is -0.970. The molecule has 1 N–H and O–H groups in total. The summed E-state index contributed by atoms with van der Waals surface area (Å²) in [6.45, 7) is 4.38. The molecule has 1 amide bonds. The minimum atomic E-state index is 0. The van der Waals surface area contributed by atoms with E-state index >= 15 is 0 Å². The summed E-state index contributed by atoms with van der Waals surface area (Å²) < 4.78 is 5.60. The molecular weight excluding hydrogens is 335 g/mol. The van der Waals surface area contributed by atoms with Crippen LogP contribution in [0.5, 0.6) is 5.75 Å². The van der Waals surface area contributed by atoms with E-state index in [0.717, 1.165) is 39.0 Å². The Kier molecular flexibility index (Phi) is 6.57. The van der Waals surface area contributed by atoms with E-state index in [9.17, 15) is 4.79 Å². The molecule has 0 unspecified atom stereocenters. The smallest absolute Gasteiger partial charge is 0.225 e. The standard InChI is InChI=1S/C17H23ClN2O2.ClH/c18-14-3-1-2-4-15(14)22-12-5-16(21)20-10-7-17(8-11-20)6-9-19-13-17;/h1-4,19H,5-13H2;1H. The highest BCUT2D eigenvalue weighted by molar-refractivity contribution is 6.32. The molecule has 2 fully saturated rings. The van der Waals surface area contributed by atoms with Crippen molar-refractivity contribution in [2.75, 3.05) is 32.8 Å². The van der Waals surface area contributed by atoms with Gasteiger partial charge < -0.3 is 15.0 Å². The van der Waals surface area contributed by atoms with Gasteiger partial charge in [-0.05, 0) is 43.4 Å². The molecular formula is C17H24Cl2N2O2. The number of benzene rings is 1. The van der Waals surface area contributed by atoms with Gasteiger partial charge in [0.05, 0.1) is 18.1 Å². The molecule has 0 aliphatic carbocycles. The van der Waals surface area contributed by atoms with Crippen molar-refractivity contribution < 1.29 is 9.53 Å². The van der Waals surface area contributed by atoms with Crippen molar-refractivity contribution in [1.82, 2.24) is 10.2 Å². The number of nitrogens with zero attached hydrogens (tertiary/aromatic N) is 1. The van der Waals surface area contributed by atoms with Crippen LogP contribution in [0.2, 0.25) is 5.02 Å². The molecule has 0 bridgehead atoms. The molecule has 0 aromatic heterocycles. The molecule has 2 aliphatic rings. The lowest BCUT2D eigenvalue weighted by molar-refractivity contribution is -0.133. The van der Waals surface area contributed by atoms with E-state index in [1.54, 1.807) is 6.07 Å². The Morgan fingerprint density at radius 2 is 2.00 bits per heavy atom. The molecule has 3 rings (SSSR count). The van der Waals surface area contributed by atoms with Crippen molar-refractivity contribution in [3.05, 3.63) is 29.3 Å². The van der Waals surface area contributed by atoms with Crippen LogP contribution in [0.1, 0.15) is 25.7 Å². The van der Waals surface area contributed by atoms with Crippen molar-refractivity contribution in [2.24, 2.45) is 5.41 Å². The molecule has 1 aromatic rings. The highest BCUT2D eigenvalue weighted by Gasteiger charge is 2.37. The number of hydrogen-bond acceptors (Lipinski definition) is 3. The number of carbonyl (C=O) groups excluding carboxylic acids is 1. The van der Waals surface area contributed by atoms with Crippen LogP contribution in [0.3, 0.4) is 0 Å². The van der Waals surface area contributed by atoms with E-state index < -0.39 is 0 Å². The zero-order chi connectivity index (χ0) is 15.4. The first-order valence-corrected chi connectivity index (χ1v) is 8.42. The SMILES string of the molecule is Cl.O=C(CCOc1ccccc1Cl)N1CCC2(CCNC2)CC1. The third-order valence-corrected chi connectivity index (χ3v) is 5.23. The van der Waals surface area contributed by atoms with E-state index in [0.29, 0.717) is 29.2 Å². The monoisotopic (exact) mass is 358 g/mol. The van der Waals surface area contributed by atoms with E-state index in [1.807, 2.05) is 23.1 Å². The van der Waals surface area contributed by atoms with E-state index in [2.05, 4.69) is 5.32 Å². The van der Waals surface area contributed by atoms with Crippen LogP contribution >= 0.6 is 24.0 Å². The largest absolute Gasteiger partial charge is 0.491 e. The average molecular weight is 359 g/mol. The zero-order valence-electron chi connectivity index (χ0n) is 13.2. The molecule has 128 valence electrons. The quantitative estimate of drug-likeness (QED) is 0.898. The highest BCUT2D eigenvalue weighted by atomic mass is 35.5. The highest BCUT2D eigenvalue weighted by Crippen LogP contribution is 2.37. The Morgan fingerprint density at radius 3 is 2.65 bits per heavy atom. The van der Waals surface area contributed by atoms with Gasteiger partial charge in [-0.25, -0.2) is 0 Å². The molecule has 2 heterocycles. The molecule has 0 atom stereocenters. The molecule has 0 radical (unpaired) electrons. The maximum absolute atomic E-state index is 12.3. The number of likely N-dealkylation sites (tertiary alicyclic amines) is 1. The summed E-state index contributed by atoms with van der Waals surface area (Å²) in [6, 6.07) is 7.35. The van der Waals surface area contributed by atoms with Crippen LogP contribution in [0.15, 0.2) is 24.3 Å². The van der Waals surface area contributed by atoms with Gasteiger partial charge >= 0.3 is 0 Å². The second kappa shape index (κ2) is 8.22. The van der Waals surface area contributed by atoms with Gasteiger partial charge in [0.1, 0.15) is 5.75 Å². The van der Waals surface area contributed by atoms with Crippen LogP contribution in [-0.2, 0) is 4.79 Å². The summed E-state index contributed by atoms with van der Waals surface area (Å²) in [6.07, 6.45) is 3.91. The van der Waals surface area contributed by atoms with Gasteiger partial charge in [-0.2, -0.15) is 0 Å². The lowest BCUT2D eigenvalue weighted by Crippen LogP contribution is -2.44. The van der Waals surface area contributed by atoms with Crippen molar-refractivity contribution in [3.8, 4) is 5.75 Å². The van der Waals surface area contributed by atoms with E-state index in [1.165, 1.54) is 6.42 Å². The fourth-order valence-corrected chi connectivity index (χ4v) is 3.61. The van der Waals surface area contributed by atoms with Crippen molar-refractivity contribution in [1.29, 1.82) is 0 Å². The number of ether oxygens (including phenoxy) is 1. The van der Waals surface area contributed by atoms with Crippen LogP contribution in [0, 0.1) is 5.41 Å². The summed E-state index contributed by atoms with van der Waals surface area (Å²) in [5, 5.41) is 4.04. The lowest BCUT2D eigenvalue weighted by atomic mass is 9.78. The molecule has 1 aromatic carbocycles. The van der Waals surface area contributed by atoms with Crippen LogP contribution in [-0.4, -0.2) is 43.6 Å². The number of para-hydroxylation sites is 1. The summed E-state index contributed by atoms with van der Waals surface area (Å²) >= 11 is 6.03. The Morgan fingerprint density at radius 1 is 1.26 bits per heavy atom. The third-order valence-electron chi connectivity index (χ3n) is 4.92. The number of hydrogen-bond donors (Lipinski definition) is 1. The number of carbonyl (C=O) groups is 1. The number of rotatable bonds is 4. The van der Waals surface area contributed by atoms with Crippen molar-refractivity contribution in [3.63, 3.8) is 0 Å². The van der Waals surface area contributed by atoms with Crippen LogP contribution in [0.4, 0.5) is 0 Å². The van der Waals surface area contributed by atoms with Crippen LogP contribution < -0.4 is 10.1 Å². The first kappa shape index (κ1) is 18.4. The second-order valence-corrected chi connectivity index (χ2v) is 6.74. The van der Waals surface area contributed by atoms with E-state index in [4.69, 9.17) is 16.3 Å². The summed E-state index contributed by atoms with van der Waals surface area (Å²) in [7, 11) is 0. The zero-order valence-corrected chi connectivity index (χ0v) is 14.8. The van der Waals surface area contributed by atoms with Gasteiger partial charge in [0.25, 0.3) is 0 Å². The molecule has 6 heteroatoms. The molecule has 2 saturated heterocycles. The average Bonchev–Trinajstić information content (AvgIpc) is 2.98. The summed E-state index contributed by atoms with van der Waals surface area (Å²) in [4.78, 5) is 14.3. The number of halogens is 2. The topological polar surface area (TPSA) is 41.6 Å². The molecule has 1 spiro atoms. The second-order valence-electron chi connectivity index (χ2n) is 6.34. The fourth-order valence-electron chi connectivity index (χ4n) is 3.42. The minimum absolute atomic E-state index is 0. The van der Waals surface area contributed by atoms with Crippen molar-refractivity contribution >= 4 is 29.9 Å². The lowest BCUT2D eigenvalue weighted by Gasteiger charge is -2.38. The molecule has 0 saturated carbocycles. The molecule has 23 heavy (non-hydrogen) atoms. The van der Waals surface area contributed by atoms with Crippen molar-refractivity contribution in [2.45, 2.75) is 25.7 Å². The number of nitrogens with one attached hydrogen (secondary N) is 1. The first-order valence-electron chi connectivity index (χ1n) is 8.04. The van der Waals surface area contributed by atoms with Gasteiger partial charge in [0, 0.05) is 19.6 Å². The molecule has 4 nitrogen and oxygen atoms in total. The van der Waals surface area contributed by atoms with Gasteiger partial charge in [-0.1, -0.05) is 23.7 Å². The minimum Gasteiger partial charge on any atom is -0.491 e. The Labute approximate surface area is 148 Å². The fraction of sp³-hybridized carbons (Fsp3) is 0.588. The third kappa shape index (κ3) is 4.52. The summed E-state index contributed by atoms with van der Waals surface area (Å²) in [5.74, 6) is 0.833. The predicted molar refractivity (Wildman–Crippen MR) is 94.5 cm³/mol. The summed E-state index contributed by atoms with van der Waals surface area (Å²) in [5.41, 5.74) is 0.449. The maximum atomic E-state index is 12.3. The van der Waals surface area contributed by atoms with Gasteiger partial charge in [0.15, 0.2) is 0 Å². The molecule has 2 aliphatic heterocycles. The van der Waals surface area contributed by atoms with Gasteiger partial charge in [0.2, 0.25) is 5.91 Å². The van der Waals surface area contributed by atoms with Crippen LogP contribution in [0.25, 0.3) is 0 Å². The first-order chi connectivity index (χ1) is 10.7.